The van der Waals surface area contributed by atoms with Gasteiger partial charge >= 0.3 is 8.25 Å². The molecule has 5 atom stereocenters. The van der Waals surface area contributed by atoms with Gasteiger partial charge in [-0.05, 0) is 6.92 Å². The Kier molecular flexibility index (Phi) is 3.43. The van der Waals surface area contributed by atoms with Crippen molar-refractivity contribution in [3.8, 4) is 5.88 Å². The molecule has 4 heterocycles. The minimum atomic E-state index is -2.37. The number of alkyl halides is 1. The lowest BCUT2D eigenvalue weighted by atomic mass is 9.98. The second-order valence-corrected chi connectivity index (χ2v) is 6.55. The van der Waals surface area contributed by atoms with Gasteiger partial charge in [-0.25, -0.2) is 9.37 Å². The molecule has 2 saturated heterocycles. The highest BCUT2D eigenvalue weighted by atomic mass is 31.1. The number of hydrogen-bond donors (Lipinski definition) is 1. The van der Waals surface area contributed by atoms with Gasteiger partial charge in [-0.3, -0.25) is 4.57 Å². The molecule has 0 radical (unpaired) electrons. The summed E-state index contributed by atoms with van der Waals surface area (Å²) in [5.74, 6) is 0.134. The Balaban J connectivity index is 1.80. The Hall–Kier alpha value is -1.94. The maximum atomic E-state index is 15.4. The first-order valence-electron chi connectivity index (χ1n) is 7.07. The smallest absolute Gasteiger partial charge is 0.479 e. The van der Waals surface area contributed by atoms with Gasteiger partial charge in [-0.1, -0.05) is 0 Å². The van der Waals surface area contributed by atoms with E-state index >= 15 is 4.39 Å². The molecular formula is C12H14FN5O5P+. The maximum absolute atomic E-state index is 15.4. The zero-order chi connectivity index (χ0) is 17.1. The third-order valence-electron chi connectivity index (χ3n) is 4.08. The van der Waals surface area contributed by atoms with E-state index in [4.69, 9.17) is 24.3 Å². The summed E-state index contributed by atoms with van der Waals surface area (Å²) < 4.78 is 49.0. The van der Waals surface area contributed by atoms with E-state index in [1.54, 1.807) is 0 Å². The fourth-order valence-electron chi connectivity index (χ4n) is 2.99. The third kappa shape index (κ3) is 2.16. The van der Waals surface area contributed by atoms with Crippen molar-refractivity contribution in [2.75, 3.05) is 19.5 Å². The van der Waals surface area contributed by atoms with Crippen LogP contribution >= 0.6 is 8.25 Å². The number of ether oxygens (including phenoxy) is 2. The Morgan fingerprint density at radius 3 is 3.08 bits per heavy atom. The summed E-state index contributed by atoms with van der Waals surface area (Å²) >= 11 is 0. The van der Waals surface area contributed by atoms with E-state index in [0.29, 0.717) is 5.52 Å². The van der Waals surface area contributed by atoms with Crippen molar-refractivity contribution >= 4 is 25.4 Å². The van der Waals surface area contributed by atoms with Crippen molar-refractivity contribution in [1.29, 1.82) is 0 Å². The van der Waals surface area contributed by atoms with Crippen molar-refractivity contribution in [1.82, 2.24) is 19.5 Å². The summed E-state index contributed by atoms with van der Waals surface area (Å²) in [6.07, 6.45) is -1.47. The van der Waals surface area contributed by atoms with Crippen LogP contribution in [0.15, 0.2) is 6.33 Å². The molecule has 2 aromatic heterocycles. The number of anilines is 1. The monoisotopic (exact) mass is 358 g/mol. The molecule has 2 aliphatic heterocycles. The molecule has 24 heavy (non-hydrogen) atoms. The van der Waals surface area contributed by atoms with Crippen LogP contribution in [0.5, 0.6) is 5.88 Å². The molecule has 4 rings (SSSR count). The second kappa shape index (κ2) is 5.28. The molecule has 0 amide bonds. The third-order valence-corrected chi connectivity index (χ3v) is 4.84. The lowest BCUT2D eigenvalue weighted by Crippen LogP contribution is -2.43. The van der Waals surface area contributed by atoms with Crippen molar-refractivity contribution < 1.29 is 27.5 Å². The lowest BCUT2D eigenvalue weighted by Gasteiger charge is -2.24. The number of nitrogen functional groups attached to an aromatic ring is 1. The van der Waals surface area contributed by atoms with E-state index in [1.807, 2.05) is 0 Å². The number of nitrogens with two attached hydrogens (primary N) is 1. The molecule has 0 bridgehead atoms. The van der Waals surface area contributed by atoms with Gasteiger partial charge in [-0.2, -0.15) is 9.97 Å². The Labute approximate surface area is 136 Å². The largest absolute Gasteiger partial charge is 0.697 e. The first kappa shape index (κ1) is 15.6. The lowest BCUT2D eigenvalue weighted by molar-refractivity contribution is -0.0576. The van der Waals surface area contributed by atoms with Crippen LogP contribution in [0.2, 0.25) is 0 Å². The van der Waals surface area contributed by atoms with Crippen LogP contribution in [0.4, 0.5) is 10.3 Å². The Bertz CT molecular complexity index is 830. The topological polar surface area (TPSA) is 124 Å². The summed E-state index contributed by atoms with van der Waals surface area (Å²) in [7, 11) is -0.948. The fraction of sp³-hybridized carbons (Fsp3) is 0.583. The van der Waals surface area contributed by atoms with Crippen molar-refractivity contribution in [2.45, 2.75) is 31.0 Å². The van der Waals surface area contributed by atoms with E-state index in [-0.39, 0.29) is 24.1 Å². The van der Waals surface area contributed by atoms with Gasteiger partial charge in [0.05, 0.1) is 13.4 Å². The minimum absolute atomic E-state index is 0.0248. The highest BCUT2D eigenvalue weighted by Crippen LogP contribution is 2.50. The SMILES string of the molecule is COc1nc(N)nc2c1ncn2[C@@H]1O[C@@H]2CO[P+](=O)O[C@H]2[C@@]1(C)F. The summed E-state index contributed by atoms with van der Waals surface area (Å²) in [5.41, 5.74) is 4.27. The van der Waals surface area contributed by atoms with Crippen molar-refractivity contribution in [3.05, 3.63) is 6.33 Å². The van der Waals surface area contributed by atoms with Gasteiger partial charge in [0.25, 0.3) is 0 Å². The molecule has 12 heteroatoms. The predicted molar refractivity (Wildman–Crippen MR) is 78.1 cm³/mol. The number of methoxy groups -OCH3 is 1. The highest BCUT2D eigenvalue weighted by Gasteiger charge is 2.63. The summed E-state index contributed by atoms with van der Waals surface area (Å²) in [6, 6.07) is 0. The molecule has 1 unspecified atom stereocenters. The van der Waals surface area contributed by atoms with Crippen molar-refractivity contribution in [3.63, 3.8) is 0 Å². The molecule has 0 aromatic carbocycles. The number of halogens is 1. The first-order valence-corrected chi connectivity index (χ1v) is 8.16. The zero-order valence-electron chi connectivity index (χ0n) is 12.7. The molecule has 2 aromatic rings. The number of hydrogen-bond acceptors (Lipinski definition) is 9. The van der Waals surface area contributed by atoms with Gasteiger partial charge in [0.15, 0.2) is 29.2 Å². The number of imidazole rings is 1. The molecular weight excluding hydrogens is 344 g/mol. The summed E-state index contributed by atoms with van der Waals surface area (Å²) in [4.78, 5) is 12.2. The molecule has 0 saturated carbocycles. The quantitative estimate of drug-likeness (QED) is 0.786. The first-order chi connectivity index (χ1) is 11.4. The molecule has 2 N–H and O–H groups in total. The highest BCUT2D eigenvalue weighted by molar-refractivity contribution is 7.33. The predicted octanol–water partition coefficient (Wildman–Crippen LogP) is 1.12. The molecule has 0 aliphatic carbocycles. The van der Waals surface area contributed by atoms with Gasteiger partial charge in [0.1, 0.15) is 12.7 Å². The average Bonchev–Trinajstić information content (AvgIpc) is 3.05. The second-order valence-electron chi connectivity index (χ2n) is 5.64. The van der Waals surface area contributed by atoms with Crippen LogP contribution in [-0.4, -0.2) is 51.1 Å². The van der Waals surface area contributed by atoms with Crippen LogP contribution in [0, 0.1) is 0 Å². The van der Waals surface area contributed by atoms with E-state index in [9.17, 15) is 4.57 Å². The van der Waals surface area contributed by atoms with Crippen LogP contribution in [0.3, 0.4) is 0 Å². The van der Waals surface area contributed by atoms with E-state index in [1.165, 1.54) is 24.9 Å². The molecule has 0 spiro atoms. The van der Waals surface area contributed by atoms with Crippen LogP contribution in [-0.2, 0) is 18.3 Å². The molecule has 10 nitrogen and oxygen atoms in total. The van der Waals surface area contributed by atoms with Crippen molar-refractivity contribution in [2.24, 2.45) is 0 Å². The van der Waals surface area contributed by atoms with E-state index < -0.39 is 32.4 Å². The number of nitrogens with zero attached hydrogens (tertiary/aromatic N) is 4. The Morgan fingerprint density at radius 2 is 2.33 bits per heavy atom. The summed E-state index contributed by atoms with van der Waals surface area (Å²) in [6.45, 7) is 1.29. The van der Waals surface area contributed by atoms with Gasteiger partial charge in [-0.15, -0.1) is 9.05 Å². The normalized spacial score (nSPS) is 34.5. The summed E-state index contributed by atoms with van der Waals surface area (Å²) in [5, 5.41) is 0. The maximum Gasteiger partial charge on any atom is 0.697 e. The van der Waals surface area contributed by atoms with Gasteiger partial charge in [0.2, 0.25) is 11.8 Å². The standard InChI is InChI=1S/C12H14FN5O5P/c1-12(13)7-5(3-21-24(19)23-7)22-10(12)18-4-15-6-8(18)16-11(14)17-9(6)20-2/h4-5,7,10H,3H2,1-2H3,(H2,14,16,17)/q+1/t5-,7-,10-,12-/m1/s1. The van der Waals surface area contributed by atoms with Crippen LogP contribution in [0.25, 0.3) is 11.2 Å². The number of rotatable bonds is 2. The molecule has 2 fully saturated rings. The van der Waals surface area contributed by atoms with Crippen LogP contribution in [0.1, 0.15) is 13.2 Å². The number of fused-ring (bicyclic) bond motifs is 2. The number of aromatic nitrogens is 4. The molecule has 2 aliphatic rings. The zero-order valence-corrected chi connectivity index (χ0v) is 13.6. The van der Waals surface area contributed by atoms with Crippen LogP contribution < -0.4 is 10.5 Å². The van der Waals surface area contributed by atoms with E-state index in [0.717, 1.165) is 0 Å². The van der Waals surface area contributed by atoms with E-state index in [2.05, 4.69) is 15.0 Å². The average molecular weight is 358 g/mol. The molecule has 128 valence electrons. The fourth-order valence-corrected chi connectivity index (χ4v) is 3.84. The van der Waals surface area contributed by atoms with Gasteiger partial charge < -0.3 is 15.2 Å². The van der Waals surface area contributed by atoms with Gasteiger partial charge in [0, 0.05) is 4.57 Å². The minimum Gasteiger partial charge on any atom is -0.479 e. The Morgan fingerprint density at radius 1 is 1.54 bits per heavy atom.